The Kier molecular flexibility index (Phi) is 3.31. The van der Waals surface area contributed by atoms with Crippen molar-refractivity contribution in [3.8, 4) is 0 Å². The Balaban J connectivity index is 1.64. The highest BCUT2D eigenvalue weighted by Crippen LogP contribution is 2.36. The summed E-state index contributed by atoms with van der Waals surface area (Å²) in [6.45, 7) is 1.73. The lowest BCUT2D eigenvalue weighted by Gasteiger charge is -2.24. The Morgan fingerprint density at radius 1 is 1.16 bits per heavy atom. The van der Waals surface area contributed by atoms with Gasteiger partial charge >= 0.3 is 0 Å². The van der Waals surface area contributed by atoms with E-state index in [1.165, 1.54) is 12.0 Å². The van der Waals surface area contributed by atoms with Gasteiger partial charge in [-0.2, -0.15) is 0 Å². The molecular formula is C16H22N2O. The minimum Gasteiger partial charge on any atom is -0.341 e. The van der Waals surface area contributed by atoms with Crippen LogP contribution in [0.5, 0.6) is 0 Å². The van der Waals surface area contributed by atoms with Crippen LogP contribution in [-0.4, -0.2) is 29.4 Å². The first-order valence-corrected chi connectivity index (χ1v) is 7.32. The Morgan fingerprint density at radius 3 is 2.58 bits per heavy atom. The molecule has 2 aliphatic rings. The van der Waals surface area contributed by atoms with E-state index in [1.54, 1.807) is 0 Å². The van der Waals surface area contributed by atoms with Crippen LogP contribution in [0.4, 0.5) is 0 Å². The van der Waals surface area contributed by atoms with Crippen LogP contribution in [-0.2, 0) is 4.79 Å². The second-order valence-electron chi connectivity index (χ2n) is 5.99. The van der Waals surface area contributed by atoms with Gasteiger partial charge in [0.15, 0.2) is 0 Å². The summed E-state index contributed by atoms with van der Waals surface area (Å²) in [5.74, 6) is 0.771. The van der Waals surface area contributed by atoms with Gasteiger partial charge in [-0.25, -0.2) is 0 Å². The molecule has 0 bridgehead atoms. The summed E-state index contributed by atoms with van der Waals surface area (Å²) in [6, 6.07) is 10.7. The highest BCUT2D eigenvalue weighted by Gasteiger charge is 2.48. The molecule has 0 aromatic heterocycles. The lowest BCUT2D eigenvalue weighted by atomic mass is 9.92. The van der Waals surface area contributed by atoms with E-state index >= 15 is 0 Å². The predicted octanol–water partition coefficient (Wildman–Crippen LogP) is 2.27. The Hall–Kier alpha value is -1.35. The largest absolute Gasteiger partial charge is 0.341 e. The Morgan fingerprint density at radius 2 is 1.89 bits per heavy atom. The number of nitrogens with zero attached hydrogens (tertiary/aromatic N) is 1. The Bertz CT molecular complexity index is 453. The molecule has 0 spiro atoms. The molecule has 1 unspecified atom stereocenters. The molecule has 2 N–H and O–H groups in total. The normalized spacial score (nSPS) is 25.7. The molecule has 1 aliphatic heterocycles. The van der Waals surface area contributed by atoms with Gasteiger partial charge in [0, 0.05) is 13.1 Å². The topological polar surface area (TPSA) is 46.3 Å². The van der Waals surface area contributed by atoms with Gasteiger partial charge in [-0.05, 0) is 43.6 Å². The minimum atomic E-state index is -0.507. The lowest BCUT2D eigenvalue weighted by Crippen LogP contribution is -2.46. The molecule has 1 saturated heterocycles. The van der Waals surface area contributed by atoms with Crippen LogP contribution >= 0.6 is 0 Å². The maximum atomic E-state index is 12.3. The van der Waals surface area contributed by atoms with Gasteiger partial charge in [0.1, 0.15) is 0 Å². The van der Waals surface area contributed by atoms with Crippen molar-refractivity contribution in [2.24, 2.45) is 5.73 Å². The molecule has 1 saturated carbocycles. The summed E-state index contributed by atoms with van der Waals surface area (Å²) >= 11 is 0. The highest BCUT2D eigenvalue weighted by molar-refractivity contribution is 5.89. The summed E-state index contributed by atoms with van der Waals surface area (Å²) in [5.41, 5.74) is 6.93. The zero-order valence-electron chi connectivity index (χ0n) is 11.3. The lowest BCUT2D eigenvalue weighted by molar-refractivity contribution is -0.133. The number of likely N-dealkylation sites (tertiary alicyclic amines) is 1. The van der Waals surface area contributed by atoms with E-state index in [0.29, 0.717) is 5.92 Å². The second-order valence-corrected chi connectivity index (χ2v) is 5.99. The fraction of sp³-hybridized carbons (Fsp3) is 0.562. The molecule has 0 radical (unpaired) electrons. The predicted molar refractivity (Wildman–Crippen MR) is 75.8 cm³/mol. The maximum absolute atomic E-state index is 12.3. The molecule has 102 valence electrons. The van der Waals surface area contributed by atoms with Gasteiger partial charge < -0.3 is 10.6 Å². The summed E-state index contributed by atoms with van der Waals surface area (Å²) in [7, 11) is 0. The van der Waals surface area contributed by atoms with Crippen molar-refractivity contribution in [1.82, 2.24) is 4.90 Å². The smallest absolute Gasteiger partial charge is 0.242 e. The first-order chi connectivity index (χ1) is 9.19. The van der Waals surface area contributed by atoms with Gasteiger partial charge in [0.25, 0.3) is 0 Å². The number of rotatable bonds is 2. The fourth-order valence-corrected chi connectivity index (χ4v) is 3.02. The van der Waals surface area contributed by atoms with E-state index in [4.69, 9.17) is 5.73 Å². The van der Waals surface area contributed by atoms with Gasteiger partial charge in [-0.3, -0.25) is 4.79 Å². The molecule has 1 heterocycles. The number of hydrogen-bond acceptors (Lipinski definition) is 2. The zero-order valence-corrected chi connectivity index (χ0v) is 11.3. The Labute approximate surface area is 114 Å². The zero-order chi connectivity index (χ0) is 13.3. The standard InChI is InChI=1S/C16H22N2O/c17-16(9-10-16)15(19)18-11-4-7-14(8-12-18)13-5-2-1-3-6-13/h1-3,5-6,14H,4,7-12,17H2. The molecule has 1 aromatic rings. The third kappa shape index (κ3) is 2.66. The average Bonchev–Trinajstić information content (AvgIpc) is 3.22. The molecule has 19 heavy (non-hydrogen) atoms. The van der Waals surface area contributed by atoms with E-state index in [9.17, 15) is 4.79 Å². The van der Waals surface area contributed by atoms with Crippen LogP contribution in [0.1, 0.15) is 43.6 Å². The highest BCUT2D eigenvalue weighted by atomic mass is 16.2. The van der Waals surface area contributed by atoms with E-state index in [-0.39, 0.29) is 5.91 Å². The van der Waals surface area contributed by atoms with Crippen LogP contribution in [0, 0.1) is 0 Å². The molecule has 3 nitrogen and oxygen atoms in total. The summed E-state index contributed by atoms with van der Waals surface area (Å²) in [6.07, 6.45) is 5.05. The summed E-state index contributed by atoms with van der Waals surface area (Å²) < 4.78 is 0. The van der Waals surface area contributed by atoms with E-state index in [0.717, 1.165) is 38.8 Å². The van der Waals surface area contributed by atoms with Crippen LogP contribution in [0.2, 0.25) is 0 Å². The summed E-state index contributed by atoms with van der Waals surface area (Å²) in [5, 5.41) is 0. The van der Waals surface area contributed by atoms with Crippen LogP contribution in [0.15, 0.2) is 30.3 Å². The van der Waals surface area contributed by atoms with E-state index in [2.05, 4.69) is 30.3 Å². The second kappa shape index (κ2) is 4.97. The quantitative estimate of drug-likeness (QED) is 0.884. The van der Waals surface area contributed by atoms with Crippen molar-refractivity contribution in [1.29, 1.82) is 0 Å². The number of benzene rings is 1. The van der Waals surface area contributed by atoms with Crippen LogP contribution < -0.4 is 5.73 Å². The fourth-order valence-electron chi connectivity index (χ4n) is 3.02. The van der Waals surface area contributed by atoms with E-state index in [1.807, 2.05) is 4.90 Å². The maximum Gasteiger partial charge on any atom is 0.242 e. The van der Waals surface area contributed by atoms with Crippen LogP contribution in [0.25, 0.3) is 0 Å². The number of amides is 1. The van der Waals surface area contributed by atoms with Crippen molar-refractivity contribution >= 4 is 5.91 Å². The first kappa shape index (κ1) is 12.7. The molecule has 1 aliphatic carbocycles. The molecule has 1 aromatic carbocycles. The van der Waals surface area contributed by atoms with Crippen molar-refractivity contribution in [3.63, 3.8) is 0 Å². The molecule has 2 fully saturated rings. The van der Waals surface area contributed by atoms with Crippen molar-refractivity contribution in [2.45, 2.75) is 43.6 Å². The molecule has 3 heteroatoms. The number of nitrogens with two attached hydrogens (primary N) is 1. The van der Waals surface area contributed by atoms with Crippen molar-refractivity contribution < 1.29 is 4.79 Å². The van der Waals surface area contributed by atoms with Crippen molar-refractivity contribution in [3.05, 3.63) is 35.9 Å². The van der Waals surface area contributed by atoms with Gasteiger partial charge in [-0.15, -0.1) is 0 Å². The number of carbonyl (C=O) groups excluding carboxylic acids is 1. The monoisotopic (exact) mass is 258 g/mol. The number of hydrogen-bond donors (Lipinski definition) is 1. The van der Waals surface area contributed by atoms with E-state index < -0.39 is 5.54 Å². The molecule has 1 atom stereocenters. The van der Waals surface area contributed by atoms with Gasteiger partial charge in [0.2, 0.25) is 5.91 Å². The van der Waals surface area contributed by atoms with Gasteiger partial charge in [-0.1, -0.05) is 30.3 Å². The number of carbonyl (C=O) groups is 1. The van der Waals surface area contributed by atoms with Crippen molar-refractivity contribution in [2.75, 3.05) is 13.1 Å². The third-order valence-electron chi connectivity index (χ3n) is 4.50. The summed E-state index contributed by atoms with van der Waals surface area (Å²) in [4.78, 5) is 14.3. The third-order valence-corrected chi connectivity index (χ3v) is 4.50. The molecule has 3 rings (SSSR count). The van der Waals surface area contributed by atoms with Gasteiger partial charge in [0.05, 0.1) is 5.54 Å². The SMILES string of the molecule is NC1(C(=O)N2CCCC(c3ccccc3)CC2)CC1. The minimum absolute atomic E-state index is 0.182. The van der Waals surface area contributed by atoms with Crippen LogP contribution in [0.3, 0.4) is 0 Å². The molecular weight excluding hydrogens is 236 g/mol. The molecule has 1 amide bonds. The first-order valence-electron chi connectivity index (χ1n) is 7.32. The average molecular weight is 258 g/mol.